The molecule has 7 heteroatoms. The third-order valence-corrected chi connectivity index (χ3v) is 6.29. The van der Waals surface area contributed by atoms with Crippen LogP contribution in [0.15, 0.2) is 48.5 Å². The molecule has 0 aliphatic heterocycles. The third-order valence-electron chi connectivity index (χ3n) is 6.29. The SMILES string of the molecule is CC(C)C[C@H](NC(=O)OCC1c2ccccc2-c2ccccc21)C(=O)NCCC(C)(C)C(=O)O. The summed E-state index contributed by atoms with van der Waals surface area (Å²) in [4.78, 5) is 36.7. The van der Waals surface area contributed by atoms with Gasteiger partial charge in [-0.2, -0.15) is 0 Å². The number of carboxylic acid groups (broad SMARTS) is 1. The summed E-state index contributed by atoms with van der Waals surface area (Å²) in [5.74, 6) is -1.16. The maximum Gasteiger partial charge on any atom is 0.407 e. The summed E-state index contributed by atoms with van der Waals surface area (Å²) < 4.78 is 5.58. The molecule has 2 aromatic rings. The second-order valence-electron chi connectivity index (χ2n) is 9.88. The molecule has 2 amide bonds. The highest BCUT2D eigenvalue weighted by Crippen LogP contribution is 2.44. The molecule has 0 spiro atoms. The van der Waals surface area contributed by atoms with Gasteiger partial charge in [-0.25, -0.2) is 4.79 Å². The second-order valence-corrected chi connectivity index (χ2v) is 9.88. The van der Waals surface area contributed by atoms with Crippen molar-refractivity contribution in [2.45, 2.75) is 52.5 Å². The Morgan fingerprint density at radius 1 is 1.00 bits per heavy atom. The Balaban J connectivity index is 1.60. The largest absolute Gasteiger partial charge is 0.481 e. The van der Waals surface area contributed by atoms with Crippen molar-refractivity contribution in [1.29, 1.82) is 0 Å². The first-order chi connectivity index (χ1) is 16.1. The van der Waals surface area contributed by atoms with Gasteiger partial charge < -0.3 is 20.5 Å². The molecule has 7 nitrogen and oxygen atoms in total. The van der Waals surface area contributed by atoms with Crippen LogP contribution in [-0.4, -0.2) is 42.3 Å². The Bertz CT molecular complexity index is 1000. The van der Waals surface area contributed by atoms with Gasteiger partial charge in [-0.1, -0.05) is 62.4 Å². The topological polar surface area (TPSA) is 105 Å². The molecule has 1 aliphatic rings. The molecule has 34 heavy (non-hydrogen) atoms. The van der Waals surface area contributed by atoms with Crippen LogP contribution in [0.2, 0.25) is 0 Å². The maximum atomic E-state index is 12.7. The highest BCUT2D eigenvalue weighted by Gasteiger charge is 2.30. The van der Waals surface area contributed by atoms with Crippen LogP contribution >= 0.6 is 0 Å². The van der Waals surface area contributed by atoms with E-state index < -0.39 is 23.5 Å². The minimum absolute atomic E-state index is 0.0613. The van der Waals surface area contributed by atoms with Crippen LogP contribution in [-0.2, 0) is 14.3 Å². The third kappa shape index (κ3) is 5.95. The molecule has 1 aliphatic carbocycles. The van der Waals surface area contributed by atoms with Crippen molar-refractivity contribution in [1.82, 2.24) is 10.6 Å². The Morgan fingerprint density at radius 3 is 2.09 bits per heavy atom. The van der Waals surface area contributed by atoms with Crippen LogP contribution in [0.25, 0.3) is 11.1 Å². The molecule has 182 valence electrons. The number of aliphatic carboxylic acids is 1. The summed E-state index contributed by atoms with van der Waals surface area (Å²) >= 11 is 0. The predicted molar refractivity (Wildman–Crippen MR) is 130 cm³/mol. The quantitative estimate of drug-likeness (QED) is 0.476. The number of carbonyl (C=O) groups excluding carboxylic acids is 2. The summed E-state index contributed by atoms with van der Waals surface area (Å²) in [6.07, 6.45) is 0.0831. The van der Waals surface area contributed by atoms with Gasteiger partial charge in [-0.15, -0.1) is 0 Å². The normalized spacial score (nSPS) is 13.7. The molecule has 0 bridgehead atoms. The molecule has 1 atom stereocenters. The molecule has 0 fully saturated rings. The number of benzene rings is 2. The number of carboxylic acids is 1. The highest BCUT2D eigenvalue weighted by atomic mass is 16.5. The van der Waals surface area contributed by atoms with E-state index in [1.807, 2.05) is 38.1 Å². The number of carbonyl (C=O) groups is 3. The number of hydrogen-bond acceptors (Lipinski definition) is 4. The van der Waals surface area contributed by atoms with Gasteiger partial charge in [-0.05, 0) is 54.9 Å². The van der Waals surface area contributed by atoms with Crippen molar-refractivity contribution in [2.24, 2.45) is 11.3 Å². The van der Waals surface area contributed by atoms with E-state index in [-0.39, 0.29) is 37.3 Å². The van der Waals surface area contributed by atoms with Gasteiger partial charge >= 0.3 is 12.1 Å². The van der Waals surface area contributed by atoms with Crippen LogP contribution in [0.3, 0.4) is 0 Å². The average molecular weight is 467 g/mol. The molecule has 0 aromatic heterocycles. The van der Waals surface area contributed by atoms with E-state index in [2.05, 4.69) is 34.9 Å². The fourth-order valence-electron chi connectivity index (χ4n) is 4.21. The lowest BCUT2D eigenvalue weighted by Crippen LogP contribution is -2.48. The fourth-order valence-corrected chi connectivity index (χ4v) is 4.21. The molecule has 0 saturated carbocycles. The van der Waals surface area contributed by atoms with Crippen LogP contribution in [0.5, 0.6) is 0 Å². The van der Waals surface area contributed by atoms with Crippen LogP contribution in [0.4, 0.5) is 4.79 Å². The molecule has 0 saturated heterocycles. The first-order valence-corrected chi connectivity index (χ1v) is 11.7. The van der Waals surface area contributed by atoms with Crippen molar-refractivity contribution < 1.29 is 24.2 Å². The number of ether oxygens (including phenoxy) is 1. The van der Waals surface area contributed by atoms with Crippen LogP contribution in [0, 0.1) is 11.3 Å². The predicted octanol–water partition coefficient (Wildman–Crippen LogP) is 4.56. The Labute approximate surface area is 200 Å². The maximum absolute atomic E-state index is 12.7. The minimum Gasteiger partial charge on any atom is -0.481 e. The number of nitrogens with one attached hydrogen (secondary N) is 2. The van der Waals surface area contributed by atoms with Gasteiger partial charge in [0.15, 0.2) is 0 Å². The van der Waals surface area contributed by atoms with E-state index in [9.17, 15) is 19.5 Å². The minimum atomic E-state index is -0.943. The average Bonchev–Trinajstić information content (AvgIpc) is 3.10. The Kier molecular flexibility index (Phi) is 7.97. The Hall–Kier alpha value is -3.35. The fraction of sp³-hybridized carbons (Fsp3) is 0.444. The van der Waals surface area contributed by atoms with Crippen molar-refractivity contribution in [3.05, 3.63) is 59.7 Å². The number of hydrogen-bond donors (Lipinski definition) is 3. The summed E-state index contributed by atoms with van der Waals surface area (Å²) in [5.41, 5.74) is 3.59. The number of fused-ring (bicyclic) bond motifs is 3. The van der Waals surface area contributed by atoms with Crippen LogP contribution in [0.1, 0.15) is 57.6 Å². The summed E-state index contributed by atoms with van der Waals surface area (Å²) in [5, 5.41) is 14.7. The molecular weight excluding hydrogens is 432 g/mol. The van der Waals surface area contributed by atoms with Gasteiger partial charge in [0.1, 0.15) is 12.6 Å². The van der Waals surface area contributed by atoms with Crippen molar-refractivity contribution in [3.8, 4) is 11.1 Å². The molecular formula is C27H34N2O5. The molecule has 3 rings (SSSR count). The second kappa shape index (κ2) is 10.7. The lowest BCUT2D eigenvalue weighted by molar-refractivity contribution is -0.147. The number of rotatable bonds is 10. The molecule has 0 heterocycles. The van der Waals surface area contributed by atoms with E-state index in [4.69, 9.17) is 4.74 Å². The summed E-state index contributed by atoms with van der Waals surface area (Å²) in [6.45, 7) is 7.53. The lowest BCUT2D eigenvalue weighted by atomic mass is 9.89. The molecule has 2 aromatic carbocycles. The van der Waals surface area contributed by atoms with Gasteiger partial charge in [0.25, 0.3) is 0 Å². The summed E-state index contributed by atoms with van der Waals surface area (Å²) in [6, 6.07) is 15.4. The van der Waals surface area contributed by atoms with Gasteiger partial charge in [0.05, 0.1) is 5.41 Å². The van der Waals surface area contributed by atoms with Gasteiger partial charge in [0.2, 0.25) is 5.91 Å². The summed E-state index contributed by atoms with van der Waals surface area (Å²) in [7, 11) is 0. The van der Waals surface area contributed by atoms with Crippen molar-refractivity contribution >= 4 is 18.0 Å². The number of amides is 2. The lowest BCUT2D eigenvalue weighted by Gasteiger charge is -2.23. The van der Waals surface area contributed by atoms with Gasteiger partial charge in [0, 0.05) is 12.5 Å². The first kappa shape index (κ1) is 25.3. The smallest absolute Gasteiger partial charge is 0.407 e. The standard InChI is InChI=1S/C27H34N2O5/c1-17(2)15-23(24(30)28-14-13-27(3,4)25(31)32)29-26(33)34-16-22-20-11-7-5-9-18(20)19-10-6-8-12-21(19)22/h5-12,17,22-23H,13-16H2,1-4H3,(H,28,30)(H,29,33)(H,31,32)/t23-/m0/s1. The van der Waals surface area contributed by atoms with E-state index in [1.165, 1.54) is 0 Å². The number of alkyl carbamates (subject to hydrolysis) is 1. The van der Waals surface area contributed by atoms with Gasteiger partial charge in [-0.3, -0.25) is 9.59 Å². The highest BCUT2D eigenvalue weighted by molar-refractivity contribution is 5.86. The molecule has 3 N–H and O–H groups in total. The van der Waals surface area contributed by atoms with Crippen LogP contribution < -0.4 is 10.6 Å². The van der Waals surface area contributed by atoms with Crippen molar-refractivity contribution in [3.63, 3.8) is 0 Å². The Morgan fingerprint density at radius 2 is 1.56 bits per heavy atom. The van der Waals surface area contributed by atoms with E-state index in [0.29, 0.717) is 6.42 Å². The molecule has 0 radical (unpaired) electrons. The van der Waals surface area contributed by atoms with E-state index in [0.717, 1.165) is 22.3 Å². The van der Waals surface area contributed by atoms with E-state index >= 15 is 0 Å². The van der Waals surface area contributed by atoms with E-state index in [1.54, 1.807) is 13.8 Å². The monoisotopic (exact) mass is 466 g/mol. The zero-order valence-corrected chi connectivity index (χ0v) is 20.3. The molecule has 0 unspecified atom stereocenters. The first-order valence-electron chi connectivity index (χ1n) is 11.7. The zero-order valence-electron chi connectivity index (χ0n) is 20.3. The van der Waals surface area contributed by atoms with Crippen molar-refractivity contribution in [2.75, 3.05) is 13.2 Å². The zero-order chi connectivity index (χ0) is 24.9.